The topological polar surface area (TPSA) is 86.7 Å². The molecule has 1 aliphatic carbocycles. The monoisotopic (exact) mass is 276 g/mol. The fraction of sp³-hybridized carbons (Fsp3) is 0.909. The molecule has 1 saturated heterocycles. The minimum atomic E-state index is -3.43. The maximum Gasteiger partial charge on any atom is 0.306 e. The van der Waals surface area contributed by atoms with Crippen molar-refractivity contribution in [1.82, 2.24) is 9.03 Å². The predicted molar refractivity (Wildman–Crippen MR) is 66.2 cm³/mol. The lowest BCUT2D eigenvalue weighted by molar-refractivity contribution is -0.142. The predicted octanol–water partition coefficient (Wildman–Crippen LogP) is 0.560. The molecule has 1 saturated carbocycles. The molecular formula is C11H20N2O4S. The van der Waals surface area contributed by atoms with Gasteiger partial charge in [-0.2, -0.15) is 17.4 Å². The number of hydrogen-bond donors (Lipinski definition) is 2. The summed E-state index contributed by atoms with van der Waals surface area (Å²) in [6, 6.07) is 0.0622. The lowest BCUT2D eigenvalue weighted by atomic mass is 9.99. The maximum absolute atomic E-state index is 12.1. The summed E-state index contributed by atoms with van der Waals surface area (Å²) in [6.07, 6.45) is 4.78. The Morgan fingerprint density at radius 3 is 2.17 bits per heavy atom. The standard InChI is InChI=1S/C11H20N2O4S/c14-11(15)9-5-7-13(8-6-9)18(16,17)12-10-3-1-2-4-10/h9-10,12H,1-8H2,(H,14,15). The molecule has 2 aliphatic rings. The third-order valence-electron chi connectivity index (χ3n) is 3.81. The number of hydrogen-bond acceptors (Lipinski definition) is 3. The van der Waals surface area contributed by atoms with E-state index in [0.29, 0.717) is 25.9 Å². The van der Waals surface area contributed by atoms with Gasteiger partial charge in [0.05, 0.1) is 5.92 Å². The lowest BCUT2D eigenvalue weighted by Gasteiger charge is -2.30. The number of carboxylic acid groups (broad SMARTS) is 1. The SMILES string of the molecule is O=C(O)C1CCN(S(=O)(=O)NC2CCCC2)CC1. The zero-order chi connectivity index (χ0) is 13.2. The lowest BCUT2D eigenvalue weighted by Crippen LogP contribution is -2.48. The third-order valence-corrected chi connectivity index (χ3v) is 5.49. The van der Waals surface area contributed by atoms with Gasteiger partial charge in [-0.25, -0.2) is 0 Å². The van der Waals surface area contributed by atoms with Gasteiger partial charge in [0, 0.05) is 19.1 Å². The number of rotatable bonds is 4. The second-order valence-electron chi connectivity index (χ2n) is 5.12. The summed E-state index contributed by atoms with van der Waals surface area (Å²) in [5.41, 5.74) is 0. The molecule has 0 amide bonds. The number of nitrogens with one attached hydrogen (secondary N) is 1. The van der Waals surface area contributed by atoms with E-state index in [1.807, 2.05) is 0 Å². The second kappa shape index (κ2) is 5.54. The Morgan fingerprint density at radius 1 is 1.11 bits per heavy atom. The summed E-state index contributed by atoms with van der Waals surface area (Å²) in [4.78, 5) is 10.8. The fourth-order valence-corrected chi connectivity index (χ4v) is 4.17. The van der Waals surface area contributed by atoms with E-state index >= 15 is 0 Å². The van der Waals surface area contributed by atoms with Gasteiger partial charge in [0.25, 0.3) is 10.2 Å². The molecule has 0 aromatic heterocycles. The average Bonchev–Trinajstić information content (AvgIpc) is 2.81. The molecule has 1 aliphatic heterocycles. The van der Waals surface area contributed by atoms with Crippen molar-refractivity contribution in [2.45, 2.75) is 44.6 Å². The molecule has 2 N–H and O–H groups in total. The number of nitrogens with zero attached hydrogens (tertiary/aromatic N) is 1. The minimum Gasteiger partial charge on any atom is -0.481 e. The Hall–Kier alpha value is -0.660. The van der Waals surface area contributed by atoms with Gasteiger partial charge in [-0.05, 0) is 25.7 Å². The summed E-state index contributed by atoms with van der Waals surface area (Å²) < 4.78 is 28.3. The Morgan fingerprint density at radius 2 is 1.67 bits per heavy atom. The molecule has 0 aromatic rings. The van der Waals surface area contributed by atoms with Gasteiger partial charge in [-0.3, -0.25) is 4.79 Å². The summed E-state index contributed by atoms with van der Waals surface area (Å²) >= 11 is 0. The van der Waals surface area contributed by atoms with Crippen molar-refractivity contribution in [3.8, 4) is 0 Å². The summed E-state index contributed by atoms with van der Waals surface area (Å²) in [6.45, 7) is 0.609. The van der Waals surface area contributed by atoms with Crippen LogP contribution in [0.5, 0.6) is 0 Å². The van der Waals surface area contributed by atoms with Crippen molar-refractivity contribution in [3.05, 3.63) is 0 Å². The van der Waals surface area contributed by atoms with Crippen LogP contribution in [0.1, 0.15) is 38.5 Å². The Balaban J connectivity index is 1.89. The van der Waals surface area contributed by atoms with Gasteiger partial charge in [-0.1, -0.05) is 12.8 Å². The first-order chi connectivity index (χ1) is 8.49. The molecule has 6 nitrogen and oxygen atoms in total. The smallest absolute Gasteiger partial charge is 0.306 e. The Kier molecular flexibility index (Phi) is 4.24. The maximum atomic E-state index is 12.1. The molecule has 0 aromatic carbocycles. The molecule has 2 fully saturated rings. The van der Waals surface area contributed by atoms with Crippen LogP contribution in [-0.2, 0) is 15.0 Å². The normalized spacial score (nSPS) is 24.4. The summed E-state index contributed by atoms with van der Waals surface area (Å²) in [5, 5.41) is 8.87. The molecule has 7 heteroatoms. The van der Waals surface area contributed by atoms with Crippen LogP contribution in [-0.4, -0.2) is 42.9 Å². The second-order valence-corrected chi connectivity index (χ2v) is 6.82. The van der Waals surface area contributed by atoms with Crippen LogP contribution in [0.25, 0.3) is 0 Å². The van der Waals surface area contributed by atoms with Crippen molar-refractivity contribution < 1.29 is 18.3 Å². The van der Waals surface area contributed by atoms with Crippen LogP contribution in [0.15, 0.2) is 0 Å². The van der Waals surface area contributed by atoms with Crippen molar-refractivity contribution in [1.29, 1.82) is 0 Å². The average molecular weight is 276 g/mol. The molecule has 0 radical (unpaired) electrons. The third kappa shape index (κ3) is 3.21. The fourth-order valence-electron chi connectivity index (χ4n) is 2.67. The van der Waals surface area contributed by atoms with Crippen molar-refractivity contribution >= 4 is 16.2 Å². The number of carboxylic acids is 1. The molecule has 0 unspecified atom stereocenters. The molecule has 2 rings (SSSR count). The summed E-state index contributed by atoms with van der Waals surface area (Å²) in [7, 11) is -3.43. The van der Waals surface area contributed by atoms with Crippen LogP contribution in [0, 0.1) is 5.92 Å². The van der Waals surface area contributed by atoms with Crippen LogP contribution >= 0.6 is 0 Å². The van der Waals surface area contributed by atoms with E-state index in [1.54, 1.807) is 0 Å². The Bertz CT molecular complexity index is 395. The number of aliphatic carboxylic acids is 1. The van der Waals surface area contributed by atoms with E-state index in [1.165, 1.54) is 4.31 Å². The van der Waals surface area contributed by atoms with E-state index in [9.17, 15) is 13.2 Å². The molecular weight excluding hydrogens is 256 g/mol. The largest absolute Gasteiger partial charge is 0.481 e. The minimum absolute atomic E-state index is 0.0622. The van der Waals surface area contributed by atoms with E-state index in [2.05, 4.69) is 4.72 Å². The van der Waals surface area contributed by atoms with Gasteiger partial charge in [0.2, 0.25) is 0 Å². The highest BCUT2D eigenvalue weighted by molar-refractivity contribution is 7.87. The van der Waals surface area contributed by atoms with E-state index < -0.39 is 22.1 Å². The van der Waals surface area contributed by atoms with Gasteiger partial charge >= 0.3 is 5.97 Å². The number of piperidine rings is 1. The van der Waals surface area contributed by atoms with E-state index in [0.717, 1.165) is 25.7 Å². The van der Waals surface area contributed by atoms with Crippen LogP contribution < -0.4 is 4.72 Å². The molecule has 0 spiro atoms. The highest BCUT2D eigenvalue weighted by Gasteiger charge is 2.32. The van der Waals surface area contributed by atoms with E-state index in [4.69, 9.17) is 5.11 Å². The van der Waals surface area contributed by atoms with Crippen LogP contribution in [0.2, 0.25) is 0 Å². The van der Waals surface area contributed by atoms with Gasteiger partial charge in [0.1, 0.15) is 0 Å². The molecule has 104 valence electrons. The van der Waals surface area contributed by atoms with Crippen molar-refractivity contribution in [3.63, 3.8) is 0 Å². The molecule has 18 heavy (non-hydrogen) atoms. The van der Waals surface area contributed by atoms with Crippen LogP contribution in [0.3, 0.4) is 0 Å². The molecule has 0 bridgehead atoms. The highest BCUT2D eigenvalue weighted by atomic mass is 32.2. The van der Waals surface area contributed by atoms with Crippen molar-refractivity contribution in [2.24, 2.45) is 5.92 Å². The Labute approximate surface area is 108 Å². The number of carbonyl (C=O) groups is 1. The molecule has 1 heterocycles. The van der Waals surface area contributed by atoms with Gasteiger partial charge in [0.15, 0.2) is 0 Å². The zero-order valence-electron chi connectivity index (χ0n) is 10.3. The first-order valence-electron chi connectivity index (χ1n) is 6.49. The quantitative estimate of drug-likeness (QED) is 0.785. The first kappa shape index (κ1) is 13.8. The highest BCUT2D eigenvalue weighted by Crippen LogP contribution is 2.22. The zero-order valence-corrected chi connectivity index (χ0v) is 11.2. The first-order valence-corrected chi connectivity index (χ1v) is 7.93. The van der Waals surface area contributed by atoms with Gasteiger partial charge in [-0.15, -0.1) is 0 Å². The van der Waals surface area contributed by atoms with Crippen LogP contribution in [0.4, 0.5) is 0 Å². The molecule has 0 atom stereocenters. The summed E-state index contributed by atoms with van der Waals surface area (Å²) in [5.74, 6) is -1.22. The van der Waals surface area contributed by atoms with E-state index in [-0.39, 0.29) is 6.04 Å². The van der Waals surface area contributed by atoms with Gasteiger partial charge < -0.3 is 5.11 Å². The van der Waals surface area contributed by atoms with Crippen molar-refractivity contribution in [2.75, 3.05) is 13.1 Å².